The van der Waals surface area contributed by atoms with Gasteiger partial charge in [-0.05, 0) is 31.9 Å². The zero-order valence-corrected chi connectivity index (χ0v) is 12.1. The number of aryl methyl sites for hydroxylation is 2. The summed E-state index contributed by atoms with van der Waals surface area (Å²) in [6, 6.07) is 1.98. The standard InChI is InChI=1S/C12H15ClN4S/c1-4-9-6-14-11(18-9)8(3)16-10-5-7(2)15-12(13)17-10/h5-6,8H,4H2,1-3H3,(H,15,16,17). The highest BCUT2D eigenvalue weighted by Gasteiger charge is 2.11. The molecule has 1 atom stereocenters. The normalized spacial score (nSPS) is 12.4. The summed E-state index contributed by atoms with van der Waals surface area (Å²) in [5.74, 6) is 0.730. The third-order valence-corrected chi connectivity index (χ3v) is 3.98. The second kappa shape index (κ2) is 5.63. The first-order chi connectivity index (χ1) is 8.58. The van der Waals surface area contributed by atoms with Gasteiger partial charge in [0.05, 0.1) is 6.04 Å². The van der Waals surface area contributed by atoms with Crippen molar-refractivity contribution in [3.8, 4) is 0 Å². The van der Waals surface area contributed by atoms with Crippen LogP contribution in [0.25, 0.3) is 0 Å². The van der Waals surface area contributed by atoms with E-state index in [0.29, 0.717) is 0 Å². The Kier molecular flexibility index (Phi) is 4.14. The highest BCUT2D eigenvalue weighted by molar-refractivity contribution is 7.11. The lowest BCUT2D eigenvalue weighted by atomic mass is 10.3. The van der Waals surface area contributed by atoms with Crippen LogP contribution in [0.1, 0.15) is 35.5 Å². The molecule has 1 N–H and O–H groups in total. The fraction of sp³-hybridized carbons (Fsp3) is 0.417. The number of hydrogen-bond donors (Lipinski definition) is 1. The number of rotatable bonds is 4. The van der Waals surface area contributed by atoms with Crippen molar-refractivity contribution >= 4 is 28.8 Å². The Morgan fingerprint density at radius 3 is 2.83 bits per heavy atom. The Morgan fingerprint density at radius 2 is 2.22 bits per heavy atom. The Morgan fingerprint density at radius 1 is 1.44 bits per heavy atom. The molecule has 0 aromatic carbocycles. The smallest absolute Gasteiger partial charge is 0.224 e. The Balaban J connectivity index is 2.12. The van der Waals surface area contributed by atoms with E-state index in [0.717, 1.165) is 22.9 Å². The van der Waals surface area contributed by atoms with Gasteiger partial charge >= 0.3 is 0 Å². The van der Waals surface area contributed by atoms with Crippen LogP contribution in [-0.4, -0.2) is 15.0 Å². The summed E-state index contributed by atoms with van der Waals surface area (Å²) < 4.78 is 0. The summed E-state index contributed by atoms with van der Waals surface area (Å²) in [5, 5.41) is 4.61. The topological polar surface area (TPSA) is 50.7 Å². The molecule has 0 bridgehead atoms. The summed E-state index contributed by atoms with van der Waals surface area (Å²) in [4.78, 5) is 13.9. The molecular weight excluding hydrogens is 268 g/mol. The van der Waals surface area contributed by atoms with Gasteiger partial charge in [-0.15, -0.1) is 11.3 Å². The van der Waals surface area contributed by atoms with Crippen molar-refractivity contribution in [1.29, 1.82) is 0 Å². The fourth-order valence-electron chi connectivity index (χ4n) is 1.58. The van der Waals surface area contributed by atoms with Crippen LogP contribution in [0.4, 0.5) is 5.82 Å². The quantitative estimate of drug-likeness (QED) is 0.870. The number of halogens is 1. The average Bonchev–Trinajstić information content (AvgIpc) is 2.75. The SMILES string of the molecule is CCc1cnc(C(C)Nc2cc(C)nc(Cl)n2)s1. The molecule has 6 heteroatoms. The highest BCUT2D eigenvalue weighted by Crippen LogP contribution is 2.23. The predicted octanol–water partition coefficient (Wildman–Crippen LogP) is 3.63. The minimum Gasteiger partial charge on any atom is -0.361 e. The molecule has 18 heavy (non-hydrogen) atoms. The maximum atomic E-state index is 5.83. The lowest BCUT2D eigenvalue weighted by Gasteiger charge is -2.12. The van der Waals surface area contributed by atoms with Crippen molar-refractivity contribution in [1.82, 2.24) is 15.0 Å². The maximum Gasteiger partial charge on any atom is 0.224 e. The van der Waals surface area contributed by atoms with Crippen LogP contribution in [0, 0.1) is 6.92 Å². The average molecular weight is 283 g/mol. The van der Waals surface area contributed by atoms with Gasteiger partial charge in [-0.2, -0.15) is 0 Å². The van der Waals surface area contributed by atoms with Crippen LogP contribution >= 0.6 is 22.9 Å². The summed E-state index contributed by atoms with van der Waals surface area (Å²) in [7, 11) is 0. The lowest BCUT2D eigenvalue weighted by molar-refractivity contribution is 0.856. The van der Waals surface area contributed by atoms with Crippen LogP contribution < -0.4 is 5.32 Å². The third-order valence-electron chi connectivity index (χ3n) is 2.48. The molecule has 96 valence electrons. The molecule has 0 fully saturated rings. The zero-order valence-electron chi connectivity index (χ0n) is 10.6. The number of anilines is 1. The summed E-state index contributed by atoms with van der Waals surface area (Å²) >= 11 is 7.55. The van der Waals surface area contributed by atoms with Gasteiger partial charge in [0.15, 0.2) is 0 Å². The molecule has 0 aliphatic rings. The van der Waals surface area contributed by atoms with Gasteiger partial charge in [0.25, 0.3) is 0 Å². The molecule has 0 saturated heterocycles. The van der Waals surface area contributed by atoms with Crippen molar-refractivity contribution in [3.63, 3.8) is 0 Å². The zero-order chi connectivity index (χ0) is 13.1. The van der Waals surface area contributed by atoms with E-state index in [-0.39, 0.29) is 11.3 Å². The predicted molar refractivity (Wildman–Crippen MR) is 75.3 cm³/mol. The number of nitrogens with one attached hydrogen (secondary N) is 1. The molecule has 2 aromatic heterocycles. The Hall–Kier alpha value is -1.20. The van der Waals surface area contributed by atoms with E-state index < -0.39 is 0 Å². The van der Waals surface area contributed by atoms with Crippen molar-refractivity contribution in [2.75, 3.05) is 5.32 Å². The molecule has 1 unspecified atom stereocenters. The second-order valence-corrected chi connectivity index (χ2v) is 5.53. The molecule has 0 aliphatic carbocycles. The number of thiazole rings is 1. The molecule has 0 spiro atoms. The molecule has 4 nitrogen and oxygen atoms in total. The monoisotopic (exact) mass is 282 g/mol. The number of nitrogens with zero attached hydrogens (tertiary/aromatic N) is 3. The molecule has 0 amide bonds. The van der Waals surface area contributed by atoms with E-state index in [1.54, 1.807) is 11.3 Å². The highest BCUT2D eigenvalue weighted by atomic mass is 35.5. The van der Waals surface area contributed by atoms with Gasteiger partial charge in [0.2, 0.25) is 5.28 Å². The van der Waals surface area contributed by atoms with E-state index in [1.807, 2.05) is 19.2 Å². The van der Waals surface area contributed by atoms with Gasteiger partial charge in [-0.25, -0.2) is 15.0 Å². The van der Waals surface area contributed by atoms with Gasteiger partial charge in [0, 0.05) is 22.8 Å². The van der Waals surface area contributed by atoms with Crippen molar-refractivity contribution in [3.05, 3.63) is 33.1 Å². The molecule has 0 aliphatic heterocycles. The molecule has 0 radical (unpaired) electrons. The Labute approximate surface area is 115 Å². The molecule has 2 rings (SSSR count). The van der Waals surface area contributed by atoms with Gasteiger partial charge in [0.1, 0.15) is 10.8 Å². The first-order valence-electron chi connectivity index (χ1n) is 5.80. The van der Waals surface area contributed by atoms with E-state index in [1.165, 1.54) is 4.88 Å². The van der Waals surface area contributed by atoms with Crippen molar-refractivity contribution < 1.29 is 0 Å². The van der Waals surface area contributed by atoms with Gasteiger partial charge in [-0.3, -0.25) is 0 Å². The number of aromatic nitrogens is 3. The Bertz CT molecular complexity index is 520. The molecule has 2 heterocycles. The summed E-state index contributed by atoms with van der Waals surface area (Å²) in [5.41, 5.74) is 0.845. The van der Waals surface area contributed by atoms with E-state index >= 15 is 0 Å². The van der Waals surface area contributed by atoms with Crippen molar-refractivity contribution in [2.24, 2.45) is 0 Å². The first-order valence-corrected chi connectivity index (χ1v) is 7.00. The van der Waals surface area contributed by atoms with Gasteiger partial charge < -0.3 is 5.32 Å². The van der Waals surface area contributed by atoms with E-state index in [9.17, 15) is 0 Å². The molecule has 2 aromatic rings. The van der Waals surface area contributed by atoms with E-state index in [4.69, 9.17) is 11.6 Å². The first kappa shape index (κ1) is 13.2. The van der Waals surface area contributed by atoms with Crippen LogP contribution in [0.5, 0.6) is 0 Å². The minimum absolute atomic E-state index is 0.112. The van der Waals surface area contributed by atoms with Crippen LogP contribution in [0.3, 0.4) is 0 Å². The molecule has 0 saturated carbocycles. The molecular formula is C12H15ClN4S. The van der Waals surface area contributed by atoms with E-state index in [2.05, 4.69) is 34.1 Å². The number of hydrogen-bond acceptors (Lipinski definition) is 5. The summed E-state index contributed by atoms with van der Waals surface area (Å²) in [6.45, 7) is 6.08. The largest absolute Gasteiger partial charge is 0.361 e. The second-order valence-electron chi connectivity index (χ2n) is 4.05. The van der Waals surface area contributed by atoms with Crippen molar-refractivity contribution in [2.45, 2.75) is 33.2 Å². The van der Waals surface area contributed by atoms with Crippen LogP contribution in [0.15, 0.2) is 12.3 Å². The summed E-state index contributed by atoms with van der Waals surface area (Å²) in [6.07, 6.45) is 2.94. The maximum absolute atomic E-state index is 5.83. The third kappa shape index (κ3) is 3.17. The van der Waals surface area contributed by atoms with Crippen LogP contribution in [0.2, 0.25) is 5.28 Å². The van der Waals surface area contributed by atoms with Crippen LogP contribution in [-0.2, 0) is 6.42 Å². The minimum atomic E-state index is 0.112. The lowest BCUT2D eigenvalue weighted by Crippen LogP contribution is -2.08. The fourth-order valence-corrected chi connectivity index (χ4v) is 2.66. The van der Waals surface area contributed by atoms with Gasteiger partial charge in [-0.1, -0.05) is 6.92 Å².